The zero-order valence-electron chi connectivity index (χ0n) is 13.7. The highest BCUT2D eigenvalue weighted by Crippen LogP contribution is 2.28. The number of nitrogens with one attached hydrogen (secondary N) is 1. The summed E-state index contributed by atoms with van der Waals surface area (Å²) in [4.78, 5) is 6.32. The number of hydrogen-bond acceptors (Lipinski definition) is 2. The number of halogens is 1. The van der Waals surface area contributed by atoms with Gasteiger partial charge in [-0.15, -0.1) is 0 Å². The highest BCUT2D eigenvalue weighted by Gasteiger charge is 2.21. The second kappa shape index (κ2) is 8.13. The predicted octanol–water partition coefficient (Wildman–Crippen LogP) is 2.57. The fourth-order valence-electron chi connectivity index (χ4n) is 2.22. The van der Waals surface area contributed by atoms with Gasteiger partial charge in [0.1, 0.15) is 5.82 Å². The molecule has 0 radical (unpaired) electrons. The van der Waals surface area contributed by atoms with Crippen molar-refractivity contribution in [3.63, 3.8) is 0 Å². The molecule has 0 unspecified atom stereocenters. The molecule has 0 amide bonds. The van der Waals surface area contributed by atoms with Crippen molar-refractivity contribution in [2.24, 2.45) is 10.9 Å². The Morgan fingerprint density at radius 1 is 1.45 bits per heavy atom. The maximum absolute atomic E-state index is 13.3. The predicted molar refractivity (Wildman–Crippen MR) is 87.5 cm³/mol. The maximum Gasteiger partial charge on any atom is 0.193 e. The van der Waals surface area contributed by atoms with Gasteiger partial charge >= 0.3 is 0 Å². The first-order valence-corrected chi connectivity index (χ1v) is 7.84. The molecule has 1 aliphatic rings. The Bertz CT molecular complexity index is 515. The van der Waals surface area contributed by atoms with Crippen LogP contribution >= 0.6 is 0 Å². The molecule has 1 aliphatic carbocycles. The minimum Gasteiger partial charge on any atom is -0.379 e. The molecular formula is C17H26FN3O. The first kappa shape index (κ1) is 16.7. The molecule has 1 aromatic carbocycles. The van der Waals surface area contributed by atoms with E-state index in [4.69, 9.17) is 4.74 Å². The van der Waals surface area contributed by atoms with Crippen LogP contribution in [0.25, 0.3) is 0 Å². The number of benzene rings is 1. The topological polar surface area (TPSA) is 36.9 Å². The second-order valence-electron chi connectivity index (χ2n) is 5.92. The lowest BCUT2D eigenvalue weighted by atomic mass is 10.1. The van der Waals surface area contributed by atoms with E-state index >= 15 is 0 Å². The summed E-state index contributed by atoms with van der Waals surface area (Å²) in [6.45, 7) is 4.80. The number of hydrogen-bond donors (Lipinski definition) is 1. The highest BCUT2D eigenvalue weighted by atomic mass is 19.1. The van der Waals surface area contributed by atoms with Gasteiger partial charge in [-0.3, -0.25) is 4.99 Å². The lowest BCUT2D eigenvalue weighted by molar-refractivity contribution is 0.115. The maximum atomic E-state index is 13.3. The first-order chi connectivity index (χ1) is 10.6. The molecular weight excluding hydrogens is 281 g/mol. The standard InChI is InChI=1S/C17H26FN3O/c1-13-10-15(6-7-16(13)18)11-20-17(19-2)21(3)8-9-22-12-14-4-5-14/h6-7,10,14H,4-5,8-9,11-12H2,1-3H3,(H,19,20). The molecule has 0 aromatic heterocycles. The average molecular weight is 307 g/mol. The van der Waals surface area contributed by atoms with Gasteiger partial charge in [-0.05, 0) is 42.9 Å². The number of aliphatic imine (C=N–C) groups is 1. The Morgan fingerprint density at radius 3 is 2.86 bits per heavy atom. The van der Waals surface area contributed by atoms with E-state index in [1.165, 1.54) is 18.9 Å². The first-order valence-electron chi connectivity index (χ1n) is 7.84. The van der Waals surface area contributed by atoms with Crippen LogP contribution in [-0.2, 0) is 11.3 Å². The fourth-order valence-corrected chi connectivity index (χ4v) is 2.22. The highest BCUT2D eigenvalue weighted by molar-refractivity contribution is 5.79. The SMILES string of the molecule is CN=C(NCc1ccc(F)c(C)c1)N(C)CCOCC1CC1. The number of likely N-dealkylation sites (N-methyl/N-ethyl adjacent to an activating group) is 1. The van der Waals surface area contributed by atoms with Crippen LogP contribution in [-0.4, -0.2) is 44.7 Å². The Kier molecular flexibility index (Phi) is 6.19. The van der Waals surface area contributed by atoms with Gasteiger partial charge < -0.3 is 15.0 Å². The van der Waals surface area contributed by atoms with Gasteiger partial charge in [-0.2, -0.15) is 0 Å². The quantitative estimate of drug-likeness (QED) is 0.478. The molecule has 0 saturated heterocycles. The summed E-state index contributed by atoms with van der Waals surface area (Å²) in [5.74, 6) is 1.44. The molecule has 0 atom stereocenters. The van der Waals surface area contributed by atoms with E-state index in [2.05, 4.69) is 10.3 Å². The number of ether oxygens (including phenoxy) is 1. The van der Waals surface area contributed by atoms with Crippen LogP contribution in [0.1, 0.15) is 24.0 Å². The monoisotopic (exact) mass is 307 g/mol. The Morgan fingerprint density at radius 2 is 2.23 bits per heavy atom. The lowest BCUT2D eigenvalue weighted by Crippen LogP contribution is -2.40. The van der Waals surface area contributed by atoms with Crippen molar-refractivity contribution in [1.82, 2.24) is 10.2 Å². The summed E-state index contributed by atoms with van der Waals surface area (Å²) in [5.41, 5.74) is 1.70. The number of rotatable bonds is 7. The molecule has 0 heterocycles. The van der Waals surface area contributed by atoms with E-state index in [1.807, 2.05) is 18.0 Å². The van der Waals surface area contributed by atoms with Gasteiger partial charge in [0.2, 0.25) is 0 Å². The molecule has 2 rings (SSSR count). The van der Waals surface area contributed by atoms with Crippen molar-refractivity contribution in [2.45, 2.75) is 26.3 Å². The zero-order valence-corrected chi connectivity index (χ0v) is 13.7. The average Bonchev–Trinajstić information content (AvgIpc) is 3.32. The Hall–Kier alpha value is -1.62. The third-order valence-electron chi connectivity index (χ3n) is 3.87. The molecule has 22 heavy (non-hydrogen) atoms. The van der Waals surface area contributed by atoms with E-state index in [0.717, 1.165) is 30.6 Å². The summed E-state index contributed by atoms with van der Waals surface area (Å²) < 4.78 is 18.9. The van der Waals surface area contributed by atoms with Gasteiger partial charge in [-0.25, -0.2) is 4.39 Å². The van der Waals surface area contributed by atoms with Gasteiger partial charge in [-0.1, -0.05) is 12.1 Å². The Balaban J connectivity index is 1.73. The number of aryl methyl sites for hydroxylation is 1. The van der Waals surface area contributed by atoms with Gasteiger partial charge in [0.05, 0.1) is 6.61 Å². The van der Waals surface area contributed by atoms with Crippen LogP contribution in [0, 0.1) is 18.7 Å². The van der Waals surface area contributed by atoms with Crippen LogP contribution < -0.4 is 5.32 Å². The van der Waals surface area contributed by atoms with E-state index in [0.29, 0.717) is 18.7 Å². The molecule has 1 N–H and O–H groups in total. The van der Waals surface area contributed by atoms with Crippen molar-refractivity contribution in [3.05, 3.63) is 35.1 Å². The summed E-state index contributed by atoms with van der Waals surface area (Å²) in [7, 11) is 3.76. The summed E-state index contributed by atoms with van der Waals surface area (Å²) in [6.07, 6.45) is 2.63. The summed E-state index contributed by atoms with van der Waals surface area (Å²) in [6, 6.07) is 5.15. The Labute approximate surface area is 132 Å². The lowest BCUT2D eigenvalue weighted by Gasteiger charge is -2.22. The van der Waals surface area contributed by atoms with Crippen LogP contribution in [0.4, 0.5) is 4.39 Å². The normalized spacial score (nSPS) is 15.0. The van der Waals surface area contributed by atoms with Gasteiger partial charge in [0.25, 0.3) is 0 Å². The van der Waals surface area contributed by atoms with Crippen LogP contribution in [0.5, 0.6) is 0 Å². The van der Waals surface area contributed by atoms with Crippen molar-refractivity contribution < 1.29 is 9.13 Å². The van der Waals surface area contributed by atoms with Crippen molar-refractivity contribution in [1.29, 1.82) is 0 Å². The molecule has 5 heteroatoms. The fraction of sp³-hybridized carbons (Fsp3) is 0.588. The third-order valence-corrected chi connectivity index (χ3v) is 3.87. The molecule has 122 valence electrons. The summed E-state index contributed by atoms with van der Waals surface area (Å²) in [5, 5.41) is 3.29. The molecule has 0 aliphatic heterocycles. The zero-order chi connectivity index (χ0) is 15.9. The van der Waals surface area contributed by atoms with Crippen molar-refractivity contribution in [3.8, 4) is 0 Å². The van der Waals surface area contributed by atoms with E-state index in [9.17, 15) is 4.39 Å². The molecule has 0 bridgehead atoms. The summed E-state index contributed by atoms with van der Waals surface area (Å²) >= 11 is 0. The van der Waals surface area contributed by atoms with Crippen molar-refractivity contribution in [2.75, 3.05) is 33.9 Å². The van der Waals surface area contributed by atoms with Gasteiger partial charge in [0, 0.05) is 33.8 Å². The van der Waals surface area contributed by atoms with Crippen LogP contribution in [0.15, 0.2) is 23.2 Å². The molecule has 1 aromatic rings. The minimum absolute atomic E-state index is 0.168. The van der Waals surface area contributed by atoms with E-state index in [1.54, 1.807) is 20.0 Å². The van der Waals surface area contributed by atoms with E-state index < -0.39 is 0 Å². The van der Waals surface area contributed by atoms with E-state index in [-0.39, 0.29) is 5.82 Å². The van der Waals surface area contributed by atoms with Gasteiger partial charge in [0.15, 0.2) is 5.96 Å². The van der Waals surface area contributed by atoms with Crippen LogP contribution in [0.2, 0.25) is 0 Å². The third kappa shape index (κ3) is 5.30. The molecule has 1 fully saturated rings. The van der Waals surface area contributed by atoms with Crippen molar-refractivity contribution >= 4 is 5.96 Å². The number of guanidine groups is 1. The van der Waals surface area contributed by atoms with Crippen LogP contribution in [0.3, 0.4) is 0 Å². The molecule has 1 saturated carbocycles. The largest absolute Gasteiger partial charge is 0.379 e. The minimum atomic E-state index is -0.168. The smallest absolute Gasteiger partial charge is 0.193 e. The second-order valence-corrected chi connectivity index (χ2v) is 5.92. The molecule has 0 spiro atoms. The molecule has 4 nitrogen and oxygen atoms in total. The number of nitrogens with zero attached hydrogens (tertiary/aromatic N) is 2.